The molecule has 7 nitrogen and oxygen atoms in total. The highest BCUT2D eigenvalue weighted by Gasteiger charge is 2.26. The van der Waals surface area contributed by atoms with Gasteiger partial charge < -0.3 is 14.5 Å². The van der Waals surface area contributed by atoms with E-state index in [0.29, 0.717) is 64.9 Å². The lowest BCUT2D eigenvalue weighted by Gasteiger charge is -2.35. The van der Waals surface area contributed by atoms with Crippen LogP contribution in [0, 0.1) is 5.82 Å². The predicted octanol–water partition coefficient (Wildman–Crippen LogP) is 5.81. The zero-order valence-electron chi connectivity index (χ0n) is 22.7. The zero-order valence-corrected chi connectivity index (χ0v) is 23.4. The first-order valence-electron chi connectivity index (χ1n) is 13.1. The molecule has 0 N–H and O–H groups in total. The number of carbonyl (C=O) groups is 1. The first-order chi connectivity index (χ1) is 19.2. The fourth-order valence-electron chi connectivity index (χ4n) is 5.30. The van der Waals surface area contributed by atoms with Crippen LogP contribution < -0.4 is 15.3 Å². The number of carbonyl (C=O) groups excluding carboxylic acids is 1. The van der Waals surface area contributed by atoms with Crippen molar-refractivity contribution in [3.63, 3.8) is 0 Å². The summed E-state index contributed by atoms with van der Waals surface area (Å²) >= 11 is 6.98. The van der Waals surface area contributed by atoms with Crippen molar-refractivity contribution in [3.8, 4) is 22.6 Å². The molecule has 1 aromatic heterocycles. The van der Waals surface area contributed by atoms with E-state index >= 15 is 4.39 Å². The maximum absolute atomic E-state index is 15.2. The second-order valence-electron chi connectivity index (χ2n) is 9.95. The molecule has 1 amide bonds. The smallest absolute Gasteiger partial charge is 0.354 e. The topological polar surface area (TPSA) is 67.7 Å². The van der Waals surface area contributed by atoms with Crippen molar-refractivity contribution in [1.82, 2.24) is 14.5 Å². The Kier molecular flexibility index (Phi) is 7.63. The van der Waals surface area contributed by atoms with E-state index in [-0.39, 0.29) is 17.4 Å². The van der Waals surface area contributed by atoms with E-state index in [1.165, 1.54) is 19.3 Å². The highest BCUT2D eigenvalue weighted by Crippen LogP contribution is 2.40. The standard InChI is InChI=1S/C31H30ClFN4O3/c1-5-27(38)35-13-15-36(16-14-35)30-29-22(32)17-20(28-23(33)10-8-12-26(28)40-4)18-25(29)37(31(39)34-30)24-11-7-6-9-21(24)19(2)3/h5-12,17-19H,1,13-16H2,2-4H3. The number of para-hydroxylation sites is 1. The van der Waals surface area contributed by atoms with Gasteiger partial charge in [-0.05, 0) is 53.5 Å². The molecule has 0 bridgehead atoms. The number of ether oxygens (including phenoxy) is 1. The van der Waals surface area contributed by atoms with Gasteiger partial charge in [0.15, 0.2) is 0 Å². The first-order valence-corrected chi connectivity index (χ1v) is 13.5. The van der Waals surface area contributed by atoms with Crippen molar-refractivity contribution in [1.29, 1.82) is 0 Å². The number of methoxy groups -OCH3 is 1. The minimum Gasteiger partial charge on any atom is -0.496 e. The quantitative estimate of drug-likeness (QED) is 0.278. The summed E-state index contributed by atoms with van der Waals surface area (Å²) in [5, 5.41) is 0.892. The number of fused-ring (bicyclic) bond motifs is 1. The average molecular weight is 561 g/mol. The van der Waals surface area contributed by atoms with Crippen LogP contribution in [0.15, 0.2) is 72.0 Å². The SMILES string of the molecule is C=CC(=O)N1CCN(c2nc(=O)n(-c3ccccc3C(C)C)c3cc(-c4c(F)cccc4OC)cc(Cl)c23)CC1. The summed E-state index contributed by atoms with van der Waals surface area (Å²) in [5.41, 5.74) is 2.39. The van der Waals surface area contributed by atoms with E-state index in [0.717, 1.165) is 5.56 Å². The molecule has 206 valence electrons. The van der Waals surface area contributed by atoms with Gasteiger partial charge in [0.25, 0.3) is 0 Å². The lowest BCUT2D eigenvalue weighted by atomic mass is 9.99. The van der Waals surface area contributed by atoms with Crippen molar-refractivity contribution in [2.75, 3.05) is 38.2 Å². The Morgan fingerprint density at radius 1 is 1.10 bits per heavy atom. The molecule has 40 heavy (non-hydrogen) atoms. The predicted molar refractivity (Wildman–Crippen MR) is 157 cm³/mol. The lowest BCUT2D eigenvalue weighted by molar-refractivity contribution is -0.126. The van der Waals surface area contributed by atoms with Crippen LogP contribution in [0.5, 0.6) is 5.75 Å². The fourth-order valence-corrected chi connectivity index (χ4v) is 5.60. The third kappa shape index (κ3) is 4.84. The van der Waals surface area contributed by atoms with Crippen LogP contribution in [-0.2, 0) is 4.79 Å². The number of hydrogen-bond acceptors (Lipinski definition) is 5. The molecule has 1 aliphatic rings. The van der Waals surface area contributed by atoms with Gasteiger partial charge in [0.05, 0.1) is 34.3 Å². The molecule has 4 aromatic rings. The Morgan fingerprint density at radius 2 is 1.82 bits per heavy atom. The Balaban J connectivity index is 1.79. The van der Waals surface area contributed by atoms with Crippen molar-refractivity contribution in [2.45, 2.75) is 19.8 Å². The van der Waals surface area contributed by atoms with E-state index in [1.807, 2.05) is 29.2 Å². The molecule has 1 aliphatic heterocycles. The fraction of sp³-hybridized carbons (Fsp3) is 0.258. The zero-order chi connectivity index (χ0) is 28.6. The molecule has 2 heterocycles. The van der Waals surface area contributed by atoms with Crippen LogP contribution in [0.1, 0.15) is 25.3 Å². The van der Waals surface area contributed by atoms with Gasteiger partial charge in [-0.15, -0.1) is 0 Å². The lowest BCUT2D eigenvalue weighted by Crippen LogP contribution is -2.49. The number of hydrogen-bond donors (Lipinski definition) is 0. The van der Waals surface area contributed by atoms with Gasteiger partial charge in [-0.3, -0.25) is 9.36 Å². The van der Waals surface area contributed by atoms with Gasteiger partial charge in [-0.25, -0.2) is 9.18 Å². The second kappa shape index (κ2) is 11.1. The molecule has 9 heteroatoms. The molecule has 1 fully saturated rings. The molecule has 0 spiro atoms. The minimum absolute atomic E-state index is 0.124. The van der Waals surface area contributed by atoms with Gasteiger partial charge in [0.1, 0.15) is 17.4 Å². The summed E-state index contributed by atoms with van der Waals surface area (Å²) in [6.07, 6.45) is 1.30. The van der Waals surface area contributed by atoms with E-state index in [4.69, 9.17) is 16.3 Å². The maximum Gasteiger partial charge on any atom is 0.354 e. The van der Waals surface area contributed by atoms with Crippen LogP contribution in [0.25, 0.3) is 27.7 Å². The van der Waals surface area contributed by atoms with Crippen LogP contribution >= 0.6 is 11.6 Å². The molecule has 0 aliphatic carbocycles. The molecule has 0 radical (unpaired) electrons. The van der Waals surface area contributed by atoms with Gasteiger partial charge in [-0.1, -0.05) is 56.3 Å². The van der Waals surface area contributed by atoms with Crippen molar-refractivity contribution < 1.29 is 13.9 Å². The van der Waals surface area contributed by atoms with Crippen LogP contribution in [0.4, 0.5) is 10.2 Å². The molecular formula is C31H30ClFN4O3. The largest absolute Gasteiger partial charge is 0.496 e. The normalized spacial score (nSPS) is 13.7. The van der Waals surface area contributed by atoms with Gasteiger partial charge in [0.2, 0.25) is 5.91 Å². The van der Waals surface area contributed by atoms with Crippen molar-refractivity contribution in [2.24, 2.45) is 0 Å². The number of piperazine rings is 1. The number of anilines is 1. The Hall–Kier alpha value is -4.17. The average Bonchev–Trinajstić information content (AvgIpc) is 2.96. The molecular weight excluding hydrogens is 531 g/mol. The maximum atomic E-state index is 15.2. The minimum atomic E-state index is -0.478. The molecule has 5 rings (SSSR count). The summed E-state index contributed by atoms with van der Waals surface area (Å²) in [7, 11) is 1.48. The summed E-state index contributed by atoms with van der Waals surface area (Å²) in [4.78, 5) is 34.2. The number of rotatable bonds is 6. The van der Waals surface area contributed by atoms with Crippen molar-refractivity contribution in [3.05, 3.63) is 94.1 Å². The first kappa shape index (κ1) is 27.4. The monoisotopic (exact) mass is 560 g/mol. The van der Waals surface area contributed by atoms with Crippen LogP contribution in [-0.4, -0.2) is 53.6 Å². The Labute approximate surface area is 237 Å². The van der Waals surface area contributed by atoms with Gasteiger partial charge in [0, 0.05) is 26.2 Å². The highest BCUT2D eigenvalue weighted by molar-refractivity contribution is 6.36. The molecule has 0 saturated carbocycles. The number of aromatic nitrogens is 2. The van der Waals surface area contributed by atoms with Crippen molar-refractivity contribution >= 4 is 34.2 Å². The molecule has 1 saturated heterocycles. The second-order valence-corrected chi connectivity index (χ2v) is 10.4. The molecule has 0 atom stereocenters. The third-order valence-corrected chi connectivity index (χ3v) is 7.57. The van der Waals surface area contributed by atoms with Gasteiger partial charge >= 0.3 is 5.69 Å². The van der Waals surface area contributed by atoms with Gasteiger partial charge in [-0.2, -0.15) is 4.98 Å². The molecule has 3 aromatic carbocycles. The number of halogens is 2. The summed E-state index contributed by atoms with van der Waals surface area (Å²) in [5.74, 6) is 0.298. The number of benzene rings is 3. The molecule has 0 unspecified atom stereocenters. The van der Waals surface area contributed by atoms with Crippen LogP contribution in [0.2, 0.25) is 5.02 Å². The summed E-state index contributed by atoms with van der Waals surface area (Å²) in [6, 6.07) is 15.7. The summed E-state index contributed by atoms with van der Waals surface area (Å²) < 4.78 is 22.2. The number of nitrogens with zero attached hydrogens (tertiary/aromatic N) is 4. The summed E-state index contributed by atoms with van der Waals surface area (Å²) in [6.45, 7) is 9.52. The third-order valence-electron chi connectivity index (χ3n) is 7.28. The Bertz CT molecular complexity index is 1680. The Morgan fingerprint density at radius 3 is 2.50 bits per heavy atom. The van der Waals surface area contributed by atoms with Crippen LogP contribution in [0.3, 0.4) is 0 Å². The highest BCUT2D eigenvalue weighted by atomic mass is 35.5. The number of amides is 1. The van der Waals surface area contributed by atoms with E-state index in [1.54, 1.807) is 33.7 Å². The van der Waals surface area contributed by atoms with E-state index in [9.17, 15) is 9.59 Å². The van der Waals surface area contributed by atoms with E-state index < -0.39 is 11.5 Å². The van der Waals surface area contributed by atoms with E-state index in [2.05, 4.69) is 25.4 Å².